The van der Waals surface area contributed by atoms with E-state index >= 15 is 0 Å². The van der Waals surface area contributed by atoms with Crippen molar-refractivity contribution in [2.45, 2.75) is 32.4 Å². The lowest BCUT2D eigenvalue weighted by atomic mass is 10.0. The number of aryl methyl sites for hydroxylation is 2. The number of thiocarbonyl (C=S) groups is 1. The Hall–Kier alpha value is -3.19. The molecule has 0 spiro atoms. The van der Waals surface area contributed by atoms with Gasteiger partial charge in [-0.15, -0.1) is 0 Å². The number of nitrogens with zero attached hydrogens (tertiary/aromatic N) is 2. The number of hydrogen-bond acceptors (Lipinski definition) is 4. The fourth-order valence-corrected chi connectivity index (χ4v) is 4.07. The first kappa shape index (κ1) is 20.1. The molecule has 0 aliphatic carbocycles. The molecule has 0 radical (unpaired) electrons. The third-order valence-electron chi connectivity index (χ3n) is 5.13. The van der Waals surface area contributed by atoms with Crippen LogP contribution in [-0.2, 0) is 4.79 Å². The lowest BCUT2D eigenvalue weighted by Crippen LogP contribution is -2.32. The monoisotopic (exact) mass is 420 g/mol. The zero-order chi connectivity index (χ0) is 21.1. The second kappa shape index (κ2) is 8.67. The molecule has 1 fully saturated rings. The van der Waals surface area contributed by atoms with Gasteiger partial charge in [0.25, 0.3) is 0 Å². The first-order valence-electron chi connectivity index (χ1n) is 9.92. The number of aromatic nitrogens is 1. The summed E-state index contributed by atoms with van der Waals surface area (Å²) in [6, 6.07) is 17.2. The van der Waals surface area contributed by atoms with Gasteiger partial charge < -0.3 is 20.0 Å². The summed E-state index contributed by atoms with van der Waals surface area (Å²) >= 11 is 5.61. The van der Waals surface area contributed by atoms with Crippen molar-refractivity contribution in [3.05, 3.63) is 83.6 Å². The van der Waals surface area contributed by atoms with Crippen molar-refractivity contribution in [2.75, 3.05) is 11.9 Å². The Morgan fingerprint density at radius 2 is 2.07 bits per heavy atom. The van der Waals surface area contributed by atoms with Crippen LogP contribution in [0.5, 0.6) is 0 Å². The quantitative estimate of drug-likeness (QED) is 0.580. The van der Waals surface area contributed by atoms with Crippen LogP contribution in [0.25, 0.3) is 0 Å². The first-order valence-corrected chi connectivity index (χ1v) is 10.3. The number of hydrogen-bond donors (Lipinski definition) is 2. The summed E-state index contributed by atoms with van der Waals surface area (Å²) < 4.78 is 5.94. The largest absolute Gasteiger partial charge is 0.464 e. The van der Waals surface area contributed by atoms with Gasteiger partial charge in [-0.1, -0.05) is 18.2 Å². The molecule has 3 aromatic rings. The molecule has 7 heteroatoms. The molecule has 3 heterocycles. The van der Waals surface area contributed by atoms with E-state index in [1.807, 2.05) is 73.3 Å². The number of amides is 1. The summed E-state index contributed by atoms with van der Waals surface area (Å²) in [5.41, 5.74) is 2.78. The third kappa shape index (κ3) is 4.36. The van der Waals surface area contributed by atoms with E-state index in [4.69, 9.17) is 16.6 Å². The highest BCUT2D eigenvalue weighted by atomic mass is 32.1. The molecule has 0 unspecified atom stereocenters. The van der Waals surface area contributed by atoms with Gasteiger partial charge in [0, 0.05) is 24.8 Å². The van der Waals surface area contributed by atoms with Crippen molar-refractivity contribution in [2.24, 2.45) is 0 Å². The van der Waals surface area contributed by atoms with Gasteiger partial charge in [-0.25, -0.2) is 0 Å². The summed E-state index contributed by atoms with van der Waals surface area (Å²) in [4.78, 5) is 19.1. The minimum Gasteiger partial charge on any atom is -0.464 e. The standard InChI is InChI=1S/C23H24N4O2S/c1-15-6-5-7-17(14-15)25-20(28)11-13-27-22(19-10-9-16(2)29-19)21(26-23(27)30)18-8-3-4-12-24-18/h3-10,12,14,21-22H,11,13H2,1-2H3,(H,25,28)(H,26,30)/t21-,22+/m1/s1. The second-order valence-corrected chi connectivity index (χ2v) is 7.82. The van der Waals surface area contributed by atoms with Gasteiger partial charge in [-0.05, 0) is 68.0 Å². The smallest absolute Gasteiger partial charge is 0.226 e. The molecular weight excluding hydrogens is 396 g/mol. The molecule has 2 aromatic heterocycles. The minimum absolute atomic E-state index is 0.0564. The van der Waals surface area contributed by atoms with Crippen LogP contribution in [0.4, 0.5) is 5.69 Å². The Morgan fingerprint density at radius 3 is 2.77 bits per heavy atom. The summed E-state index contributed by atoms with van der Waals surface area (Å²) in [6.07, 6.45) is 2.07. The van der Waals surface area contributed by atoms with Crippen LogP contribution in [0.15, 0.2) is 65.2 Å². The first-order chi connectivity index (χ1) is 14.5. The molecule has 30 heavy (non-hydrogen) atoms. The van der Waals surface area contributed by atoms with Crippen LogP contribution in [-0.4, -0.2) is 27.4 Å². The maximum Gasteiger partial charge on any atom is 0.226 e. The number of carbonyl (C=O) groups is 1. The highest BCUT2D eigenvalue weighted by Gasteiger charge is 2.41. The van der Waals surface area contributed by atoms with E-state index in [9.17, 15) is 4.79 Å². The van der Waals surface area contributed by atoms with Gasteiger partial charge in [0.05, 0.1) is 11.7 Å². The predicted octanol–water partition coefficient (Wildman–Crippen LogP) is 4.29. The van der Waals surface area contributed by atoms with Crippen molar-refractivity contribution in [3.8, 4) is 0 Å². The average molecular weight is 421 g/mol. The Labute approximate surface area is 181 Å². The summed E-state index contributed by atoms with van der Waals surface area (Å²) in [5, 5.41) is 6.91. The molecule has 1 aliphatic heterocycles. The van der Waals surface area contributed by atoms with Crippen molar-refractivity contribution >= 4 is 28.9 Å². The Bertz CT molecular complexity index is 1050. The van der Waals surface area contributed by atoms with Crippen LogP contribution in [0, 0.1) is 13.8 Å². The molecule has 154 valence electrons. The predicted molar refractivity (Wildman–Crippen MR) is 120 cm³/mol. The number of nitrogens with one attached hydrogen (secondary N) is 2. The number of furan rings is 1. The maximum atomic E-state index is 12.5. The Kier molecular flexibility index (Phi) is 5.81. The molecule has 4 rings (SSSR count). The van der Waals surface area contributed by atoms with Crippen molar-refractivity contribution in [1.29, 1.82) is 0 Å². The van der Waals surface area contributed by atoms with Crippen LogP contribution in [0.2, 0.25) is 0 Å². The molecule has 2 atom stereocenters. The normalized spacial score (nSPS) is 18.3. The molecular formula is C23H24N4O2S. The molecule has 0 saturated carbocycles. The van der Waals surface area contributed by atoms with Gasteiger partial charge >= 0.3 is 0 Å². The topological polar surface area (TPSA) is 70.4 Å². The van der Waals surface area contributed by atoms with E-state index in [2.05, 4.69) is 15.6 Å². The highest BCUT2D eigenvalue weighted by Crippen LogP contribution is 2.39. The van der Waals surface area contributed by atoms with E-state index in [1.54, 1.807) is 6.20 Å². The number of anilines is 1. The van der Waals surface area contributed by atoms with E-state index in [1.165, 1.54) is 0 Å². The maximum absolute atomic E-state index is 12.5. The molecule has 1 aromatic carbocycles. The van der Waals surface area contributed by atoms with Gasteiger partial charge in [0.2, 0.25) is 5.91 Å². The lowest BCUT2D eigenvalue weighted by Gasteiger charge is -2.25. The van der Waals surface area contributed by atoms with E-state index < -0.39 is 0 Å². The Morgan fingerprint density at radius 1 is 1.20 bits per heavy atom. The number of pyridine rings is 1. The molecule has 0 bridgehead atoms. The Balaban J connectivity index is 1.51. The fourth-order valence-electron chi connectivity index (χ4n) is 3.74. The molecule has 1 aliphatic rings. The average Bonchev–Trinajstić information content (AvgIpc) is 3.30. The van der Waals surface area contributed by atoms with Crippen molar-refractivity contribution in [3.63, 3.8) is 0 Å². The van der Waals surface area contributed by atoms with Crippen LogP contribution < -0.4 is 10.6 Å². The van der Waals surface area contributed by atoms with Gasteiger partial charge in [0.1, 0.15) is 17.6 Å². The number of rotatable bonds is 6. The number of carbonyl (C=O) groups excluding carboxylic acids is 1. The van der Waals surface area contributed by atoms with E-state index in [0.29, 0.717) is 18.1 Å². The van der Waals surface area contributed by atoms with Gasteiger partial charge in [-0.2, -0.15) is 0 Å². The second-order valence-electron chi connectivity index (χ2n) is 7.44. The summed E-state index contributed by atoms with van der Waals surface area (Å²) in [7, 11) is 0. The minimum atomic E-state index is -0.173. The highest BCUT2D eigenvalue weighted by molar-refractivity contribution is 7.80. The summed E-state index contributed by atoms with van der Waals surface area (Å²) in [6.45, 7) is 4.38. The SMILES string of the molecule is Cc1cccc(NC(=O)CCN2C(=S)N[C@H](c3ccccn3)[C@@H]2c2ccc(C)o2)c1. The van der Waals surface area contributed by atoms with Gasteiger partial charge in [0.15, 0.2) is 5.11 Å². The molecule has 1 saturated heterocycles. The molecule has 6 nitrogen and oxygen atoms in total. The van der Waals surface area contributed by atoms with E-state index in [0.717, 1.165) is 28.5 Å². The third-order valence-corrected chi connectivity index (χ3v) is 5.48. The van der Waals surface area contributed by atoms with Crippen LogP contribution in [0.3, 0.4) is 0 Å². The van der Waals surface area contributed by atoms with Crippen molar-refractivity contribution < 1.29 is 9.21 Å². The zero-order valence-corrected chi connectivity index (χ0v) is 17.8. The summed E-state index contributed by atoms with van der Waals surface area (Å²) in [5.74, 6) is 1.58. The van der Waals surface area contributed by atoms with Crippen molar-refractivity contribution in [1.82, 2.24) is 15.2 Å². The van der Waals surface area contributed by atoms with Crippen LogP contribution in [0.1, 0.15) is 41.3 Å². The van der Waals surface area contributed by atoms with Gasteiger partial charge in [-0.3, -0.25) is 9.78 Å². The van der Waals surface area contributed by atoms with Crippen LogP contribution >= 0.6 is 12.2 Å². The molecule has 2 N–H and O–H groups in total. The zero-order valence-electron chi connectivity index (χ0n) is 17.0. The molecule has 1 amide bonds. The number of benzene rings is 1. The lowest BCUT2D eigenvalue weighted by molar-refractivity contribution is -0.116. The van der Waals surface area contributed by atoms with E-state index in [-0.39, 0.29) is 18.0 Å². The fraction of sp³-hybridized carbons (Fsp3) is 0.261.